The number of hydrogen-bond donors (Lipinski definition) is 1. The van der Waals surface area contributed by atoms with Crippen molar-refractivity contribution < 1.29 is 14.3 Å². The first kappa shape index (κ1) is 15.9. The van der Waals surface area contributed by atoms with Gasteiger partial charge in [-0.05, 0) is 38.1 Å². The highest BCUT2D eigenvalue weighted by Crippen LogP contribution is 2.38. The van der Waals surface area contributed by atoms with Crippen LogP contribution in [-0.2, 0) is 6.42 Å². The maximum Gasteiger partial charge on any atom is 0.255 e. The predicted molar refractivity (Wildman–Crippen MR) is 90.5 cm³/mol. The quantitative estimate of drug-likeness (QED) is 0.934. The molecule has 1 aliphatic rings. The van der Waals surface area contributed by atoms with Crippen LogP contribution in [0.3, 0.4) is 0 Å². The van der Waals surface area contributed by atoms with Gasteiger partial charge in [0.25, 0.3) is 5.91 Å². The summed E-state index contributed by atoms with van der Waals surface area (Å²) in [6.45, 7) is 4.41. The summed E-state index contributed by atoms with van der Waals surface area (Å²) >= 11 is 0. The predicted octanol–water partition coefficient (Wildman–Crippen LogP) is 3.53. The molecule has 0 fully saturated rings. The number of nitriles is 1. The Morgan fingerprint density at radius 3 is 3.00 bits per heavy atom. The van der Waals surface area contributed by atoms with Crippen LogP contribution in [0.2, 0.25) is 0 Å². The van der Waals surface area contributed by atoms with E-state index in [4.69, 9.17) is 14.7 Å². The summed E-state index contributed by atoms with van der Waals surface area (Å²) in [4.78, 5) is 12.5. The molecule has 0 aliphatic carbocycles. The highest BCUT2D eigenvalue weighted by molar-refractivity contribution is 6.05. The second-order valence-corrected chi connectivity index (χ2v) is 5.67. The molecule has 2 aromatic carbocycles. The number of nitrogens with one attached hydrogen (secondary N) is 1. The number of nitrogens with zero attached hydrogens (tertiary/aromatic N) is 1. The topological polar surface area (TPSA) is 71.3 Å². The molecule has 122 valence electrons. The molecule has 1 N–H and O–H groups in total. The van der Waals surface area contributed by atoms with Gasteiger partial charge in [0.05, 0.1) is 23.9 Å². The summed E-state index contributed by atoms with van der Waals surface area (Å²) in [5.41, 5.74) is 2.51. The van der Waals surface area contributed by atoms with Gasteiger partial charge in [-0.25, -0.2) is 0 Å². The van der Waals surface area contributed by atoms with Crippen LogP contribution in [0.25, 0.3) is 0 Å². The van der Waals surface area contributed by atoms with Crippen LogP contribution < -0.4 is 14.8 Å². The van der Waals surface area contributed by atoms with Gasteiger partial charge in [-0.1, -0.05) is 6.07 Å². The van der Waals surface area contributed by atoms with Crippen molar-refractivity contribution in [3.05, 3.63) is 53.1 Å². The number of rotatable bonds is 4. The first-order valence-corrected chi connectivity index (χ1v) is 7.88. The number of carbonyl (C=O) groups is 1. The van der Waals surface area contributed by atoms with Gasteiger partial charge < -0.3 is 14.8 Å². The second-order valence-electron chi connectivity index (χ2n) is 5.67. The molecule has 1 aliphatic heterocycles. The van der Waals surface area contributed by atoms with E-state index in [1.54, 1.807) is 30.3 Å². The molecular weight excluding hydrogens is 304 g/mol. The molecule has 1 atom stereocenters. The second kappa shape index (κ2) is 6.63. The Morgan fingerprint density at radius 2 is 2.25 bits per heavy atom. The van der Waals surface area contributed by atoms with Gasteiger partial charge in [-0.3, -0.25) is 4.79 Å². The van der Waals surface area contributed by atoms with Crippen LogP contribution in [0.15, 0.2) is 36.4 Å². The highest BCUT2D eigenvalue weighted by Gasteiger charge is 2.22. The molecule has 24 heavy (non-hydrogen) atoms. The van der Waals surface area contributed by atoms with Crippen LogP contribution in [0.1, 0.15) is 35.3 Å². The Bertz CT molecular complexity index is 824. The monoisotopic (exact) mass is 322 g/mol. The van der Waals surface area contributed by atoms with Gasteiger partial charge in [-0.15, -0.1) is 0 Å². The molecule has 5 nitrogen and oxygen atoms in total. The summed E-state index contributed by atoms with van der Waals surface area (Å²) in [6, 6.07) is 12.3. The lowest BCUT2D eigenvalue weighted by Gasteiger charge is -2.13. The minimum absolute atomic E-state index is 0.118. The van der Waals surface area contributed by atoms with E-state index in [1.165, 1.54) is 0 Å². The third-order valence-corrected chi connectivity index (χ3v) is 3.80. The fourth-order valence-corrected chi connectivity index (χ4v) is 2.74. The van der Waals surface area contributed by atoms with Crippen molar-refractivity contribution in [2.24, 2.45) is 0 Å². The van der Waals surface area contributed by atoms with Gasteiger partial charge in [0, 0.05) is 23.6 Å². The van der Waals surface area contributed by atoms with Gasteiger partial charge in [-0.2, -0.15) is 5.26 Å². The number of carbonyl (C=O) groups excluding carboxylic acids is 1. The minimum atomic E-state index is -0.293. The fraction of sp³-hybridized carbons (Fsp3) is 0.263. The molecule has 0 radical (unpaired) electrons. The Balaban J connectivity index is 1.90. The van der Waals surface area contributed by atoms with Crippen molar-refractivity contribution >= 4 is 11.6 Å². The van der Waals surface area contributed by atoms with Gasteiger partial charge in [0.15, 0.2) is 0 Å². The van der Waals surface area contributed by atoms with Crippen molar-refractivity contribution in [1.29, 1.82) is 5.26 Å². The van der Waals surface area contributed by atoms with E-state index >= 15 is 0 Å². The van der Waals surface area contributed by atoms with Crippen molar-refractivity contribution in [2.75, 3.05) is 11.9 Å². The Morgan fingerprint density at radius 1 is 1.42 bits per heavy atom. The van der Waals surface area contributed by atoms with E-state index in [-0.39, 0.29) is 12.0 Å². The average molecular weight is 322 g/mol. The zero-order valence-corrected chi connectivity index (χ0v) is 13.6. The Hall–Kier alpha value is -3.00. The molecule has 0 saturated heterocycles. The van der Waals surface area contributed by atoms with Crippen LogP contribution in [0.4, 0.5) is 5.69 Å². The number of amides is 1. The molecule has 0 unspecified atom stereocenters. The van der Waals surface area contributed by atoms with Gasteiger partial charge in [0.1, 0.15) is 17.6 Å². The first-order valence-electron chi connectivity index (χ1n) is 7.88. The van der Waals surface area contributed by atoms with E-state index < -0.39 is 0 Å². The summed E-state index contributed by atoms with van der Waals surface area (Å²) in [5.74, 6) is 1.10. The van der Waals surface area contributed by atoms with Crippen LogP contribution in [0.5, 0.6) is 11.5 Å². The lowest BCUT2D eigenvalue weighted by Crippen LogP contribution is -2.13. The molecule has 0 spiro atoms. The number of fused-ring (bicyclic) bond motifs is 1. The Kier molecular flexibility index (Phi) is 4.39. The zero-order valence-electron chi connectivity index (χ0n) is 13.6. The fourth-order valence-electron chi connectivity index (χ4n) is 2.74. The van der Waals surface area contributed by atoms with Gasteiger partial charge >= 0.3 is 0 Å². The summed E-state index contributed by atoms with van der Waals surface area (Å²) in [5, 5.41) is 11.8. The van der Waals surface area contributed by atoms with Crippen molar-refractivity contribution in [2.45, 2.75) is 26.4 Å². The lowest BCUT2D eigenvalue weighted by molar-refractivity contribution is 0.102. The normalized spacial score (nSPS) is 15.1. The van der Waals surface area contributed by atoms with Crippen LogP contribution >= 0.6 is 0 Å². The smallest absolute Gasteiger partial charge is 0.255 e. The van der Waals surface area contributed by atoms with E-state index in [2.05, 4.69) is 5.32 Å². The van der Waals surface area contributed by atoms with Gasteiger partial charge in [0.2, 0.25) is 0 Å². The molecule has 2 aromatic rings. The highest BCUT2D eigenvalue weighted by atomic mass is 16.5. The summed E-state index contributed by atoms with van der Waals surface area (Å²) in [6.07, 6.45) is 0.946. The molecule has 1 amide bonds. The number of benzene rings is 2. The van der Waals surface area contributed by atoms with E-state index in [0.717, 1.165) is 17.7 Å². The lowest BCUT2D eigenvalue weighted by atomic mass is 10.1. The SMILES string of the molecule is CCOc1cc2c(cc1NC(=O)c1cccc(C#N)c1)O[C@@H](C)C2. The third kappa shape index (κ3) is 3.18. The Labute approximate surface area is 140 Å². The first-order chi connectivity index (χ1) is 11.6. The molecular formula is C19H18N2O3. The molecule has 0 bridgehead atoms. The molecule has 3 rings (SSSR count). The zero-order chi connectivity index (χ0) is 17.1. The number of hydrogen-bond acceptors (Lipinski definition) is 4. The van der Waals surface area contributed by atoms with Crippen molar-refractivity contribution in [3.8, 4) is 17.6 Å². The maximum atomic E-state index is 12.5. The van der Waals surface area contributed by atoms with Crippen molar-refractivity contribution in [1.82, 2.24) is 0 Å². The third-order valence-electron chi connectivity index (χ3n) is 3.80. The van der Waals surface area contributed by atoms with Crippen LogP contribution in [0, 0.1) is 11.3 Å². The minimum Gasteiger partial charge on any atom is -0.492 e. The van der Waals surface area contributed by atoms with Crippen LogP contribution in [-0.4, -0.2) is 18.6 Å². The average Bonchev–Trinajstić information content (AvgIpc) is 2.94. The van der Waals surface area contributed by atoms with E-state index in [1.807, 2.05) is 26.0 Å². The largest absolute Gasteiger partial charge is 0.492 e. The van der Waals surface area contributed by atoms with Crippen molar-refractivity contribution in [3.63, 3.8) is 0 Å². The maximum absolute atomic E-state index is 12.5. The number of ether oxygens (including phenoxy) is 2. The number of anilines is 1. The molecule has 0 aromatic heterocycles. The molecule has 1 heterocycles. The molecule has 0 saturated carbocycles. The van der Waals surface area contributed by atoms with E-state index in [0.29, 0.717) is 29.2 Å². The summed E-state index contributed by atoms with van der Waals surface area (Å²) in [7, 11) is 0. The summed E-state index contributed by atoms with van der Waals surface area (Å²) < 4.78 is 11.4. The van der Waals surface area contributed by atoms with E-state index in [9.17, 15) is 4.79 Å². The molecule has 5 heteroatoms. The standard InChI is InChI=1S/C19H18N2O3/c1-3-23-18-9-15-7-12(2)24-17(15)10-16(18)21-19(22)14-6-4-5-13(8-14)11-20/h4-6,8-10,12H,3,7H2,1-2H3,(H,21,22)/t12-/m0/s1.